The van der Waals surface area contributed by atoms with E-state index in [4.69, 9.17) is 28.6 Å². The second-order valence-electron chi connectivity index (χ2n) is 8.88. The van der Waals surface area contributed by atoms with E-state index < -0.39 is 33.2 Å². The topological polar surface area (TPSA) is 85.9 Å². The monoisotopic (exact) mass is 596 g/mol. The lowest BCUT2D eigenvalue weighted by molar-refractivity contribution is 0.480. The van der Waals surface area contributed by atoms with Crippen molar-refractivity contribution in [2.45, 2.75) is 10.8 Å². The number of hydrazone groups is 1. The first-order chi connectivity index (χ1) is 19.1. The third kappa shape index (κ3) is 5.82. The summed E-state index contributed by atoms with van der Waals surface area (Å²) in [6, 6.07) is 24.4. The zero-order valence-electron chi connectivity index (χ0n) is 20.6. The fourth-order valence-corrected chi connectivity index (χ4v) is 5.52. The van der Waals surface area contributed by atoms with Crippen LogP contribution in [0.3, 0.4) is 0 Å². The van der Waals surface area contributed by atoms with E-state index in [-0.39, 0.29) is 22.9 Å². The molecule has 202 valence electrons. The standard InChI is InChI=1S/C29H20Cl2F2N4O2S/c30-20-8-6-19(7-9-20)28-25(18-4-2-1-3-5-18)17-37(35-28)29(27(34)24-15-12-22(32)16-26(24)33)36-40(38,39)23-13-10-21(31)11-14-23/h1-16,25,34H,17H2/b34-27?,36-29+. The Morgan fingerprint density at radius 1 is 0.900 bits per heavy atom. The Morgan fingerprint density at radius 3 is 2.15 bits per heavy atom. The quantitative estimate of drug-likeness (QED) is 0.193. The van der Waals surface area contributed by atoms with Gasteiger partial charge in [-0.3, -0.25) is 5.41 Å². The molecule has 0 radical (unpaired) electrons. The first-order valence-corrected chi connectivity index (χ1v) is 14.1. The van der Waals surface area contributed by atoms with Gasteiger partial charge in [-0.05, 0) is 59.7 Å². The second-order valence-corrected chi connectivity index (χ2v) is 11.4. The molecule has 0 aliphatic carbocycles. The van der Waals surface area contributed by atoms with Gasteiger partial charge in [0.05, 0.1) is 17.2 Å². The van der Waals surface area contributed by atoms with E-state index in [1.807, 2.05) is 30.3 Å². The lowest BCUT2D eigenvalue weighted by Gasteiger charge is -2.19. The molecule has 1 heterocycles. The van der Waals surface area contributed by atoms with Crippen LogP contribution in [0, 0.1) is 17.0 Å². The molecule has 0 saturated heterocycles. The largest absolute Gasteiger partial charge is 0.296 e. The molecule has 1 atom stereocenters. The van der Waals surface area contributed by atoms with Crippen LogP contribution in [0.15, 0.2) is 111 Å². The molecular formula is C29H20Cl2F2N4O2S. The molecule has 0 bridgehead atoms. The van der Waals surface area contributed by atoms with Crippen molar-refractivity contribution in [3.05, 3.63) is 135 Å². The summed E-state index contributed by atoms with van der Waals surface area (Å²) in [5.41, 5.74) is 1.27. The Morgan fingerprint density at radius 2 is 1.52 bits per heavy atom. The van der Waals surface area contributed by atoms with E-state index in [1.54, 1.807) is 24.3 Å². The van der Waals surface area contributed by atoms with Crippen LogP contribution in [0.2, 0.25) is 10.0 Å². The lowest BCUT2D eigenvalue weighted by atomic mass is 9.90. The van der Waals surface area contributed by atoms with Crippen LogP contribution in [0.4, 0.5) is 8.78 Å². The number of benzene rings is 4. The molecule has 1 N–H and O–H groups in total. The van der Waals surface area contributed by atoms with Crippen LogP contribution in [0.1, 0.15) is 22.6 Å². The fraction of sp³-hybridized carbons (Fsp3) is 0.0690. The van der Waals surface area contributed by atoms with Crippen molar-refractivity contribution in [2.75, 3.05) is 6.54 Å². The van der Waals surface area contributed by atoms with E-state index in [0.717, 1.165) is 23.3 Å². The summed E-state index contributed by atoms with van der Waals surface area (Å²) < 4.78 is 59.1. The minimum absolute atomic E-state index is 0.0993. The maximum atomic E-state index is 14.8. The molecule has 0 saturated carbocycles. The van der Waals surface area contributed by atoms with Crippen molar-refractivity contribution in [1.82, 2.24) is 5.01 Å². The number of nitrogens with one attached hydrogen (secondary N) is 1. The van der Waals surface area contributed by atoms with Crippen LogP contribution in [-0.4, -0.2) is 37.2 Å². The van der Waals surface area contributed by atoms with Gasteiger partial charge >= 0.3 is 0 Å². The third-order valence-corrected chi connectivity index (χ3v) is 8.03. The Kier molecular flexibility index (Phi) is 7.80. The minimum Gasteiger partial charge on any atom is -0.296 e. The minimum atomic E-state index is -4.39. The molecule has 1 aliphatic rings. The molecule has 1 unspecified atom stereocenters. The number of sulfonamides is 1. The van der Waals surface area contributed by atoms with Crippen molar-refractivity contribution in [3.63, 3.8) is 0 Å². The summed E-state index contributed by atoms with van der Waals surface area (Å²) in [4.78, 5) is -0.178. The average Bonchev–Trinajstić information content (AvgIpc) is 3.38. The predicted molar refractivity (Wildman–Crippen MR) is 153 cm³/mol. The molecule has 0 spiro atoms. The Bertz CT molecular complexity index is 1750. The van der Waals surface area contributed by atoms with Gasteiger partial charge in [0.25, 0.3) is 10.0 Å². The second kappa shape index (κ2) is 11.3. The van der Waals surface area contributed by atoms with Gasteiger partial charge in [-0.1, -0.05) is 65.7 Å². The Hall–Kier alpha value is -3.92. The zero-order chi connectivity index (χ0) is 28.4. The Labute approximate surface area is 239 Å². The van der Waals surface area contributed by atoms with Crippen molar-refractivity contribution >= 4 is 50.5 Å². The van der Waals surface area contributed by atoms with E-state index >= 15 is 0 Å². The van der Waals surface area contributed by atoms with Gasteiger partial charge in [0, 0.05) is 27.6 Å². The van der Waals surface area contributed by atoms with Gasteiger partial charge in [-0.15, -0.1) is 4.40 Å². The van der Waals surface area contributed by atoms with E-state index in [1.165, 1.54) is 29.3 Å². The highest BCUT2D eigenvalue weighted by atomic mass is 35.5. The van der Waals surface area contributed by atoms with Crippen molar-refractivity contribution in [2.24, 2.45) is 9.50 Å². The molecule has 0 aromatic heterocycles. The number of amidine groups is 1. The molecule has 4 aromatic rings. The molecular weight excluding hydrogens is 577 g/mol. The van der Waals surface area contributed by atoms with Crippen LogP contribution >= 0.6 is 23.2 Å². The van der Waals surface area contributed by atoms with E-state index in [9.17, 15) is 17.2 Å². The van der Waals surface area contributed by atoms with Crippen LogP contribution in [-0.2, 0) is 10.0 Å². The third-order valence-electron chi connectivity index (χ3n) is 6.24. The van der Waals surface area contributed by atoms with Crippen molar-refractivity contribution < 1.29 is 17.2 Å². The summed E-state index contributed by atoms with van der Waals surface area (Å²) in [6.45, 7) is 0.0993. The van der Waals surface area contributed by atoms with Crippen molar-refractivity contribution in [3.8, 4) is 0 Å². The van der Waals surface area contributed by atoms with Crippen LogP contribution < -0.4 is 0 Å². The molecule has 11 heteroatoms. The number of halogens is 4. The van der Waals surface area contributed by atoms with Crippen LogP contribution in [0.25, 0.3) is 0 Å². The molecule has 4 aromatic carbocycles. The highest BCUT2D eigenvalue weighted by Gasteiger charge is 2.34. The molecule has 6 nitrogen and oxygen atoms in total. The van der Waals surface area contributed by atoms with Gasteiger partial charge in [0.2, 0.25) is 0 Å². The molecule has 40 heavy (non-hydrogen) atoms. The molecule has 1 aliphatic heterocycles. The maximum absolute atomic E-state index is 14.8. The molecule has 0 amide bonds. The smallest absolute Gasteiger partial charge is 0.284 e. The number of hydrogen-bond acceptors (Lipinski definition) is 4. The summed E-state index contributed by atoms with van der Waals surface area (Å²) in [6.07, 6.45) is 0. The SMILES string of the molecule is N=C(/C(=N\S(=O)(=O)c1ccc(Cl)cc1)N1CC(c2ccccc2)C(c2ccc(Cl)cc2)=N1)c1ccc(F)cc1F. The fourth-order valence-electron chi connectivity index (χ4n) is 4.27. The number of rotatable bonds is 6. The molecule has 0 fully saturated rings. The van der Waals surface area contributed by atoms with Gasteiger partial charge in [-0.2, -0.15) is 13.5 Å². The highest BCUT2D eigenvalue weighted by Crippen LogP contribution is 2.31. The van der Waals surface area contributed by atoms with Crippen LogP contribution in [0.5, 0.6) is 0 Å². The first kappa shape index (κ1) is 27.6. The summed E-state index contributed by atoms with van der Waals surface area (Å²) in [5.74, 6) is -2.65. The predicted octanol–water partition coefficient (Wildman–Crippen LogP) is 6.93. The maximum Gasteiger partial charge on any atom is 0.284 e. The lowest BCUT2D eigenvalue weighted by Crippen LogP contribution is -2.34. The normalized spacial score (nSPS) is 15.7. The van der Waals surface area contributed by atoms with E-state index in [2.05, 4.69) is 9.50 Å². The van der Waals surface area contributed by atoms with Gasteiger partial charge in [-0.25, -0.2) is 13.8 Å². The summed E-state index contributed by atoms with van der Waals surface area (Å²) in [5, 5.41) is 15.6. The summed E-state index contributed by atoms with van der Waals surface area (Å²) in [7, 11) is -4.39. The van der Waals surface area contributed by atoms with E-state index in [0.29, 0.717) is 21.8 Å². The zero-order valence-corrected chi connectivity index (χ0v) is 22.9. The van der Waals surface area contributed by atoms with Gasteiger partial charge in [0.1, 0.15) is 17.3 Å². The number of hydrogen-bond donors (Lipinski definition) is 1. The average molecular weight is 597 g/mol. The highest BCUT2D eigenvalue weighted by molar-refractivity contribution is 7.90. The summed E-state index contributed by atoms with van der Waals surface area (Å²) >= 11 is 12.0. The van der Waals surface area contributed by atoms with Crippen molar-refractivity contribution in [1.29, 1.82) is 5.41 Å². The van der Waals surface area contributed by atoms with Gasteiger partial charge in [0.15, 0.2) is 5.84 Å². The first-order valence-electron chi connectivity index (χ1n) is 11.9. The Balaban J connectivity index is 1.67. The number of nitrogens with zero attached hydrogens (tertiary/aromatic N) is 3. The van der Waals surface area contributed by atoms with Gasteiger partial charge < -0.3 is 0 Å². The molecule has 5 rings (SSSR count).